The van der Waals surface area contributed by atoms with Gasteiger partial charge in [0.25, 0.3) is 5.91 Å². The summed E-state index contributed by atoms with van der Waals surface area (Å²) in [6, 6.07) is 17.2. The first-order valence-corrected chi connectivity index (χ1v) is 14.3. The van der Waals surface area contributed by atoms with Gasteiger partial charge in [0.05, 0.1) is 33.9 Å². The molecule has 7 nitrogen and oxygen atoms in total. The van der Waals surface area contributed by atoms with Crippen LogP contribution in [0.3, 0.4) is 0 Å². The molecule has 10 heteroatoms. The molecule has 0 saturated carbocycles. The fraction of sp³-hybridized carbons (Fsp3) is 0.259. The van der Waals surface area contributed by atoms with Crippen molar-refractivity contribution in [2.45, 2.75) is 18.9 Å². The molecule has 0 saturated heterocycles. The van der Waals surface area contributed by atoms with Crippen LogP contribution in [-0.2, 0) is 16.3 Å². The standard InChI is InChI=1S/C27H26ClFN4O3S/c1-37(35,36)13-12-31-27(34)18-5-9-21-17(14-18)4-10-22-25(21)32-33(20-8-11-24(30)23(28)15-20)26(22)16-2-6-19(29)7-3-16/h2-3,5-9,11,14-15,22,26H,4,10,12-13,30H2,1H3,(H,31,34)/t22-,26-/m0/s1. The van der Waals surface area contributed by atoms with Crippen LogP contribution in [0.15, 0.2) is 65.8 Å². The minimum atomic E-state index is -3.16. The van der Waals surface area contributed by atoms with E-state index < -0.39 is 9.84 Å². The van der Waals surface area contributed by atoms with Crippen LogP contribution in [0.25, 0.3) is 0 Å². The van der Waals surface area contributed by atoms with Crippen LogP contribution in [0, 0.1) is 11.7 Å². The number of halogens is 2. The number of anilines is 2. The fourth-order valence-electron chi connectivity index (χ4n) is 4.99. The summed E-state index contributed by atoms with van der Waals surface area (Å²) >= 11 is 6.33. The third kappa shape index (κ3) is 5.19. The summed E-state index contributed by atoms with van der Waals surface area (Å²) in [4.78, 5) is 12.6. The maximum absolute atomic E-state index is 13.7. The molecule has 3 aromatic carbocycles. The van der Waals surface area contributed by atoms with Gasteiger partial charge in [-0.25, -0.2) is 12.8 Å². The van der Waals surface area contributed by atoms with Crippen molar-refractivity contribution in [2.24, 2.45) is 11.0 Å². The van der Waals surface area contributed by atoms with Crippen molar-refractivity contribution >= 4 is 44.4 Å². The summed E-state index contributed by atoms with van der Waals surface area (Å²) in [7, 11) is -3.16. The third-order valence-corrected chi connectivity index (χ3v) is 8.07. The van der Waals surface area contributed by atoms with Crippen molar-refractivity contribution in [2.75, 3.05) is 29.3 Å². The summed E-state index contributed by atoms with van der Waals surface area (Å²) in [5, 5.41) is 10.0. The Bertz CT molecular complexity index is 1510. The lowest BCUT2D eigenvalue weighted by Gasteiger charge is -2.31. The largest absolute Gasteiger partial charge is 0.398 e. The second-order valence-corrected chi connectivity index (χ2v) is 12.1. The van der Waals surface area contributed by atoms with Crippen LogP contribution in [0.1, 0.15) is 39.5 Å². The molecule has 2 aliphatic rings. The topological polar surface area (TPSA) is 105 Å². The number of nitrogen functional groups attached to an aromatic ring is 1. The highest BCUT2D eigenvalue weighted by atomic mass is 35.5. The van der Waals surface area contributed by atoms with Gasteiger partial charge in [0, 0.05) is 29.8 Å². The van der Waals surface area contributed by atoms with Crippen molar-refractivity contribution < 1.29 is 17.6 Å². The Labute approximate surface area is 220 Å². The van der Waals surface area contributed by atoms with Crippen molar-refractivity contribution in [1.82, 2.24) is 5.32 Å². The molecule has 1 amide bonds. The van der Waals surface area contributed by atoms with Crippen LogP contribution < -0.4 is 16.1 Å². The average Bonchev–Trinajstić information content (AvgIpc) is 3.25. The van der Waals surface area contributed by atoms with Gasteiger partial charge in [-0.15, -0.1) is 0 Å². The number of nitrogens with one attached hydrogen (secondary N) is 1. The SMILES string of the molecule is CS(=O)(=O)CCNC(=O)c1ccc2c(c1)CC[C@H]1C2=NN(c2ccc(N)c(Cl)c2)[C@H]1c1ccc(F)cc1. The van der Waals surface area contributed by atoms with E-state index in [-0.39, 0.29) is 36.0 Å². The molecule has 0 radical (unpaired) electrons. The highest BCUT2D eigenvalue weighted by molar-refractivity contribution is 7.90. The predicted octanol–water partition coefficient (Wildman–Crippen LogP) is 4.36. The maximum atomic E-state index is 13.7. The van der Waals surface area contributed by atoms with Gasteiger partial charge in [-0.2, -0.15) is 5.10 Å². The van der Waals surface area contributed by atoms with Crippen LogP contribution in [0.2, 0.25) is 5.02 Å². The van der Waals surface area contributed by atoms with E-state index in [0.717, 1.165) is 47.2 Å². The lowest BCUT2D eigenvalue weighted by Crippen LogP contribution is -2.30. The molecule has 1 heterocycles. The molecule has 2 atom stereocenters. The molecule has 0 spiro atoms. The zero-order valence-electron chi connectivity index (χ0n) is 20.1. The minimum Gasteiger partial charge on any atom is -0.398 e. The van der Waals surface area contributed by atoms with Gasteiger partial charge < -0.3 is 11.1 Å². The molecular formula is C27H26ClFN4O3S. The van der Waals surface area contributed by atoms with Crippen molar-refractivity contribution in [3.05, 3.63) is 93.8 Å². The Balaban J connectivity index is 1.49. The van der Waals surface area contributed by atoms with E-state index in [1.807, 2.05) is 23.2 Å². The first-order chi connectivity index (χ1) is 17.6. The fourth-order valence-corrected chi connectivity index (χ4v) is 5.63. The molecule has 3 N–H and O–H groups in total. The zero-order valence-corrected chi connectivity index (χ0v) is 21.7. The lowest BCUT2D eigenvalue weighted by atomic mass is 9.77. The van der Waals surface area contributed by atoms with Crippen LogP contribution in [0.4, 0.5) is 15.8 Å². The highest BCUT2D eigenvalue weighted by Gasteiger charge is 2.42. The number of amides is 1. The number of benzene rings is 3. The smallest absolute Gasteiger partial charge is 0.251 e. The van der Waals surface area contributed by atoms with Crippen molar-refractivity contribution in [1.29, 1.82) is 0 Å². The monoisotopic (exact) mass is 540 g/mol. The van der Waals surface area contributed by atoms with E-state index in [4.69, 9.17) is 22.4 Å². The number of fused-ring (bicyclic) bond motifs is 3. The Morgan fingerprint density at radius 3 is 2.62 bits per heavy atom. The number of nitrogens with two attached hydrogens (primary N) is 1. The van der Waals surface area contributed by atoms with Gasteiger partial charge >= 0.3 is 0 Å². The van der Waals surface area contributed by atoms with Gasteiger partial charge in [0.15, 0.2) is 0 Å². The maximum Gasteiger partial charge on any atom is 0.251 e. The Kier molecular flexibility index (Phi) is 6.68. The van der Waals surface area contributed by atoms with Gasteiger partial charge in [0.1, 0.15) is 15.7 Å². The Morgan fingerprint density at radius 1 is 1.16 bits per heavy atom. The molecule has 1 aliphatic carbocycles. The quantitative estimate of drug-likeness (QED) is 0.452. The molecule has 0 bridgehead atoms. The third-order valence-electron chi connectivity index (χ3n) is 6.80. The van der Waals surface area contributed by atoms with E-state index >= 15 is 0 Å². The van der Waals surface area contributed by atoms with Gasteiger partial charge in [-0.05, 0) is 66.4 Å². The number of hydrazone groups is 1. The number of sulfone groups is 1. The van der Waals surface area contributed by atoms with E-state index in [0.29, 0.717) is 16.3 Å². The number of hydrogen-bond donors (Lipinski definition) is 2. The molecule has 1 aliphatic heterocycles. The van der Waals surface area contributed by atoms with Crippen LogP contribution in [0.5, 0.6) is 0 Å². The Morgan fingerprint density at radius 2 is 1.92 bits per heavy atom. The first kappa shape index (κ1) is 25.2. The molecule has 37 heavy (non-hydrogen) atoms. The summed E-state index contributed by atoms with van der Waals surface area (Å²) in [5.41, 5.74) is 11.4. The van der Waals surface area contributed by atoms with E-state index in [1.54, 1.807) is 30.3 Å². The molecule has 3 aromatic rings. The number of carbonyl (C=O) groups is 1. The summed E-state index contributed by atoms with van der Waals surface area (Å²) in [6.07, 6.45) is 2.65. The normalized spacial score (nSPS) is 18.7. The van der Waals surface area contributed by atoms with Gasteiger partial charge in [-0.3, -0.25) is 9.80 Å². The van der Waals surface area contributed by atoms with Crippen LogP contribution in [-0.4, -0.2) is 38.6 Å². The molecule has 0 aromatic heterocycles. The second-order valence-electron chi connectivity index (χ2n) is 9.43. The highest BCUT2D eigenvalue weighted by Crippen LogP contribution is 2.46. The molecule has 0 unspecified atom stereocenters. The van der Waals surface area contributed by atoms with Gasteiger partial charge in [0.2, 0.25) is 0 Å². The number of hydrogen-bond acceptors (Lipinski definition) is 6. The average molecular weight is 541 g/mol. The van der Waals surface area contributed by atoms with Crippen LogP contribution >= 0.6 is 11.6 Å². The Hall–Kier alpha value is -3.43. The summed E-state index contributed by atoms with van der Waals surface area (Å²) in [5.74, 6) is -0.688. The lowest BCUT2D eigenvalue weighted by molar-refractivity contribution is 0.0956. The second kappa shape index (κ2) is 9.79. The first-order valence-electron chi connectivity index (χ1n) is 11.9. The molecule has 192 valence electrons. The molecule has 0 fully saturated rings. The zero-order chi connectivity index (χ0) is 26.3. The molecular weight excluding hydrogens is 515 g/mol. The number of aryl methyl sites for hydroxylation is 1. The number of carbonyl (C=O) groups excluding carboxylic acids is 1. The van der Waals surface area contributed by atoms with E-state index in [1.165, 1.54) is 12.1 Å². The number of nitrogens with zero attached hydrogens (tertiary/aromatic N) is 2. The summed E-state index contributed by atoms with van der Waals surface area (Å²) in [6.45, 7) is 0.0575. The molecule has 5 rings (SSSR count). The summed E-state index contributed by atoms with van der Waals surface area (Å²) < 4.78 is 36.4. The van der Waals surface area contributed by atoms with E-state index in [2.05, 4.69) is 5.32 Å². The number of rotatable bonds is 6. The predicted molar refractivity (Wildman–Crippen MR) is 144 cm³/mol. The van der Waals surface area contributed by atoms with Gasteiger partial charge in [-0.1, -0.05) is 29.8 Å². The minimum absolute atomic E-state index is 0.0451. The van der Waals surface area contributed by atoms with E-state index in [9.17, 15) is 17.6 Å². The van der Waals surface area contributed by atoms with Crippen molar-refractivity contribution in [3.63, 3.8) is 0 Å². The van der Waals surface area contributed by atoms with Crippen molar-refractivity contribution in [3.8, 4) is 0 Å².